The van der Waals surface area contributed by atoms with Crippen molar-refractivity contribution >= 4 is 27.3 Å². The molecular formula is C10H12BrN5. The Morgan fingerprint density at radius 2 is 2.25 bits per heavy atom. The highest BCUT2D eigenvalue weighted by atomic mass is 79.9. The average Bonchev–Trinajstić information content (AvgIpc) is 2.63. The quantitative estimate of drug-likeness (QED) is 0.900. The molecule has 16 heavy (non-hydrogen) atoms. The van der Waals surface area contributed by atoms with Crippen LogP contribution in [0.4, 0.5) is 11.4 Å². The van der Waals surface area contributed by atoms with Crippen molar-refractivity contribution < 1.29 is 0 Å². The lowest BCUT2D eigenvalue weighted by molar-refractivity contribution is 0.767. The van der Waals surface area contributed by atoms with Crippen molar-refractivity contribution in [3.63, 3.8) is 0 Å². The minimum Gasteiger partial charge on any atom is -0.396 e. The second-order valence-electron chi connectivity index (χ2n) is 3.46. The Kier molecular flexibility index (Phi) is 3.09. The first-order valence-electron chi connectivity index (χ1n) is 4.77. The van der Waals surface area contributed by atoms with Crippen LogP contribution in [0.5, 0.6) is 0 Å². The molecule has 2 rings (SSSR count). The average molecular weight is 282 g/mol. The largest absolute Gasteiger partial charge is 0.396 e. The summed E-state index contributed by atoms with van der Waals surface area (Å²) in [7, 11) is 1.89. The van der Waals surface area contributed by atoms with Gasteiger partial charge in [-0.2, -0.15) is 5.10 Å². The summed E-state index contributed by atoms with van der Waals surface area (Å²) in [5.74, 6) is 0. The molecule has 0 aliphatic heterocycles. The van der Waals surface area contributed by atoms with Gasteiger partial charge >= 0.3 is 0 Å². The Morgan fingerprint density at radius 3 is 2.88 bits per heavy atom. The zero-order valence-electron chi connectivity index (χ0n) is 8.81. The van der Waals surface area contributed by atoms with E-state index in [1.54, 1.807) is 17.1 Å². The molecule has 84 valence electrons. The molecule has 0 saturated heterocycles. The predicted octanol–water partition coefficient (Wildman–Crippen LogP) is 1.77. The van der Waals surface area contributed by atoms with Gasteiger partial charge in [0.05, 0.1) is 28.2 Å². The molecule has 2 aromatic rings. The Labute approximate surface area is 102 Å². The van der Waals surface area contributed by atoms with Gasteiger partial charge < -0.3 is 11.1 Å². The highest BCUT2D eigenvalue weighted by Gasteiger charge is 2.04. The number of hydrogen-bond acceptors (Lipinski definition) is 4. The molecule has 0 bridgehead atoms. The lowest BCUT2D eigenvalue weighted by Gasteiger charge is -2.09. The first-order chi connectivity index (χ1) is 7.66. The minimum atomic E-state index is 0.623. The molecule has 0 unspecified atom stereocenters. The SMILES string of the molecule is Cn1cc(CNc2c(N)cncc2Br)cn1. The molecule has 0 saturated carbocycles. The molecule has 0 amide bonds. The molecule has 2 aromatic heterocycles. The van der Waals surface area contributed by atoms with Crippen LogP contribution in [-0.2, 0) is 13.6 Å². The van der Waals surface area contributed by atoms with Crippen LogP contribution in [0.25, 0.3) is 0 Å². The van der Waals surface area contributed by atoms with E-state index < -0.39 is 0 Å². The summed E-state index contributed by atoms with van der Waals surface area (Å²) in [6.07, 6.45) is 7.11. The Morgan fingerprint density at radius 1 is 1.44 bits per heavy atom. The molecule has 0 atom stereocenters. The van der Waals surface area contributed by atoms with Gasteiger partial charge in [0.1, 0.15) is 0 Å². The molecule has 0 aromatic carbocycles. The molecule has 3 N–H and O–H groups in total. The van der Waals surface area contributed by atoms with Crippen LogP contribution in [0.3, 0.4) is 0 Å². The van der Waals surface area contributed by atoms with Crippen molar-refractivity contribution in [2.45, 2.75) is 6.54 Å². The van der Waals surface area contributed by atoms with E-state index in [0.717, 1.165) is 15.7 Å². The van der Waals surface area contributed by atoms with Crippen LogP contribution in [0.15, 0.2) is 29.3 Å². The summed E-state index contributed by atoms with van der Waals surface area (Å²) < 4.78 is 2.62. The first kappa shape index (κ1) is 10.9. The van der Waals surface area contributed by atoms with E-state index in [1.165, 1.54) is 0 Å². The van der Waals surface area contributed by atoms with E-state index in [9.17, 15) is 0 Å². The van der Waals surface area contributed by atoms with Crippen LogP contribution in [0, 0.1) is 0 Å². The number of halogens is 1. The van der Waals surface area contributed by atoms with Crippen molar-refractivity contribution in [2.24, 2.45) is 7.05 Å². The van der Waals surface area contributed by atoms with Gasteiger partial charge in [-0.3, -0.25) is 9.67 Å². The number of aromatic nitrogens is 3. The van der Waals surface area contributed by atoms with Gasteiger partial charge in [-0.1, -0.05) is 0 Å². The van der Waals surface area contributed by atoms with Crippen LogP contribution in [0.2, 0.25) is 0 Å². The molecule has 0 aliphatic carbocycles. The Balaban J connectivity index is 2.10. The number of pyridine rings is 1. The van der Waals surface area contributed by atoms with Crippen LogP contribution in [-0.4, -0.2) is 14.8 Å². The van der Waals surface area contributed by atoms with E-state index in [4.69, 9.17) is 5.73 Å². The number of nitrogens with one attached hydrogen (secondary N) is 1. The zero-order valence-corrected chi connectivity index (χ0v) is 10.4. The van der Waals surface area contributed by atoms with Crippen molar-refractivity contribution in [3.8, 4) is 0 Å². The second kappa shape index (κ2) is 4.52. The highest BCUT2D eigenvalue weighted by molar-refractivity contribution is 9.10. The summed E-state index contributed by atoms with van der Waals surface area (Å²) >= 11 is 3.40. The molecule has 0 fully saturated rings. The molecule has 0 spiro atoms. The molecule has 5 nitrogen and oxygen atoms in total. The number of nitrogens with two attached hydrogens (primary N) is 1. The number of nitrogen functional groups attached to an aromatic ring is 1. The number of hydrogen-bond donors (Lipinski definition) is 2. The van der Waals surface area contributed by atoms with Crippen molar-refractivity contribution in [1.29, 1.82) is 0 Å². The predicted molar refractivity (Wildman–Crippen MR) is 66.9 cm³/mol. The normalized spacial score (nSPS) is 10.4. The summed E-state index contributed by atoms with van der Waals surface area (Å²) in [5, 5.41) is 7.34. The minimum absolute atomic E-state index is 0.623. The smallest absolute Gasteiger partial charge is 0.0752 e. The molecule has 0 aliphatic rings. The molecule has 6 heteroatoms. The van der Waals surface area contributed by atoms with Gasteiger partial charge in [0.2, 0.25) is 0 Å². The van der Waals surface area contributed by atoms with Crippen LogP contribution < -0.4 is 11.1 Å². The fourth-order valence-corrected chi connectivity index (χ4v) is 1.88. The molecular weight excluding hydrogens is 270 g/mol. The van der Waals surface area contributed by atoms with Crippen LogP contribution >= 0.6 is 15.9 Å². The zero-order chi connectivity index (χ0) is 11.5. The standard InChI is InChI=1S/C10H12BrN5/c1-16-6-7(3-15-16)2-14-10-8(11)4-13-5-9(10)12/h3-6H,2,12H2,1H3,(H,13,14). The second-order valence-corrected chi connectivity index (χ2v) is 4.32. The molecule has 2 heterocycles. The third-order valence-corrected chi connectivity index (χ3v) is 2.76. The van der Waals surface area contributed by atoms with Gasteiger partial charge in [-0.25, -0.2) is 0 Å². The maximum Gasteiger partial charge on any atom is 0.0752 e. The third kappa shape index (κ3) is 2.33. The first-order valence-corrected chi connectivity index (χ1v) is 5.56. The molecule has 0 radical (unpaired) electrons. The van der Waals surface area contributed by atoms with Crippen LogP contribution in [0.1, 0.15) is 5.56 Å². The van der Waals surface area contributed by atoms with Crippen molar-refractivity contribution in [3.05, 3.63) is 34.8 Å². The Hall–Kier alpha value is -1.56. The number of rotatable bonds is 3. The van der Waals surface area contributed by atoms with Gasteiger partial charge in [0, 0.05) is 31.5 Å². The number of anilines is 2. The van der Waals surface area contributed by atoms with Crippen molar-refractivity contribution in [1.82, 2.24) is 14.8 Å². The fourth-order valence-electron chi connectivity index (χ4n) is 1.39. The van der Waals surface area contributed by atoms with E-state index >= 15 is 0 Å². The summed E-state index contributed by atoms with van der Waals surface area (Å²) in [5.41, 5.74) is 8.40. The van der Waals surface area contributed by atoms with E-state index in [1.807, 2.05) is 19.4 Å². The summed E-state index contributed by atoms with van der Waals surface area (Å²) in [6, 6.07) is 0. The van der Waals surface area contributed by atoms with Gasteiger partial charge in [-0.15, -0.1) is 0 Å². The van der Waals surface area contributed by atoms with Crippen molar-refractivity contribution in [2.75, 3.05) is 11.1 Å². The maximum atomic E-state index is 5.81. The third-order valence-electron chi connectivity index (χ3n) is 2.16. The summed E-state index contributed by atoms with van der Waals surface area (Å²) in [6.45, 7) is 0.681. The fraction of sp³-hybridized carbons (Fsp3) is 0.200. The van der Waals surface area contributed by atoms with E-state index in [2.05, 4.69) is 31.3 Å². The lowest BCUT2D eigenvalue weighted by Crippen LogP contribution is -2.03. The monoisotopic (exact) mass is 281 g/mol. The van der Waals surface area contributed by atoms with Gasteiger partial charge in [0.25, 0.3) is 0 Å². The summed E-state index contributed by atoms with van der Waals surface area (Å²) in [4.78, 5) is 3.98. The number of nitrogens with zero attached hydrogens (tertiary/aromatic N) is 3. The number of aryl methyl sites for hydroxylation is 1. The van der Waals surface area contributed by atoms with Gasteiger partial charge in [-0.05, 0) is 15.9 Å². The Bertz CT molecular complexity index is 473. The topological polar surface area (TPSA) is 68.8 Å². The highest BCUT2D eigenvalue weighted by Crippen LogP contribution is 2.27. The van der Waals surface area contributed by atoms with E-state index in [0.29, 0.717) is 12.2 Å². The maximum absolute atomic E-state index is 5.81. The lowest BCUT2D eigenvalue weighted by atomic mass is 10.3. The van der Waals surface area contributed by atoms with Gasteiger partial charge in [0.15, 0.2) is 0 Å². The van der Waals surface area contributed by atoms with E-state index in [-0.39, 0.29) is 0 Å².